The first kappa shape index (κ1) is 22.5. The molecule has 4 fully saturated rings. The summed E-state index contributed by atoms with van der Waals surface area (Å²) in [5.74, 6) is -2.75. The number of rotatable bonds is 5. The van der Waals surface area contributed by atoms with E-state index in [4.69, 9.17) is 33.2 Å². The van der Waals surface area contributed by atoms with Crippen molar-refractivity contribution in [2.45, 2.75) is 120 Å². The molecule has 4 aliphatic rings. The van der Waals surface area contributed by atoms with E-state index in [0.717, 1.165) is 0 Å². The molecule has 2 N–H and O–H groups in total. The van der Waals surface area contributed by atoms with Gasteiger partial charge in [0.2, 0.25) is 0 Å². The van der Waals surface area contributed by atoms with E-state index in [1.54, 1.807) is 41.5 Å². The average molecular weight is 432 g/mol. The minimum absolute atomic E-state index is 0.0145. The van der Waals surface area contributed by atoms with Gasteiger partial charge in [-0.2, -0.15) is 0 Å². The molecule has 0 spiro atoms. The van der Waals surface area contributed by atoms with Crippen LogP contribution in [0.3, 0.4) is 0 Å². The van der Waals surface area contributed by atoms with Crippen molar-refractivity contribution in [3.63, 3.8) is 0 Å². The molecule has 4 rings (SSSR count). The Balaban J connectivity index is 1.48. The van der Waals surface area contributed by atoms with Crippen LogP contribution in [-0.4, -0.2) is 89.0 Å². The Kier molecular flexibility index (Phi) is 5.57. The zero-order valence-corrected chi connectivity index (χ0v) is 18.1. The fourth-order valence-electron chi connectivity index (χ4n) is 4.67. The SMILES string of the molecule is CC1(C)OC(C=O)C(C(O)C(O)CC2OC3OC(C)(C)OC3C3OC(C)(C)OC23)O1. The molecule has 4 heterocycles. The lowest BCUT2D eigenvalue weighted by Crippen LogP contribution is -2.56. The van der Waals surface area contributed by atoms with Gasteiger partial charge < -0.3 is 48.2 Å². The number of hydrogen-bond acceptors (Lipinski definition) is 10. The summed E-state index contributed by atoms with van der Waals surface area (Å²) in [6.45, 7) is 10.5. The van der Waals surface area contributed by atoms with Crippen molar-refractivity contribution in [3.05, 3.63) is 0 Å². The summed E-state index contributed by atoms with van der Waals surface area (Å²) in [7, 11) is 0. The third kappa shape index (κ3) is 4.17. The van der Waals surface area contributed by atoms with Crippen molar-refractivity contribution in [2.75, 3.05) is 0 Å². The van der Waals surface area contributed by atoms with E-state index in [0.29, 0.717) is 6.29 Å². The Morgan fingerprint density at radius 2 is 1.37 bits per heavy atom. The molecule has 172 valence electrons. The number of hydrogen-bond donors (Lipinski definition) is 2. The van der Waals surface area contributed by atoms with Crippen LogP contribution in [0.2, 0.25) is 0 Å². The molecule has 10 nitrogen and oxygen atoms in total. The molecule has 0 radical (unpaired) electrons. The van der Waals surface area contributed by atoms with Gasteiger partial charge in [0.05, 0.1) is 12.2 Å². The Bertz CT molecular complexity index is 664. The van der Waals surface area contributed by atoms with Crippen LogP contribution in [0.25, 0.3) is 0 Å². The number of aliphatic hydroxyl groups is 2. The maximum absolute atomic E-state index is 11.3. The molecule has 9 unspecified atom stereocenters. The standard InChI is InChI=1S/C20H32O10/c1-18(2)25-11(8-21)13(26-18)12(23)9(22)7-10-14-15(28-19(3,4)27-14)16-17(24-10)30-20(5,6)29-16/h8-17,22-23H,7H2,1-6H3. The van der Waals surface area contributed by atoms with E-state index in [2.05, 4.69) is 0 Å². The van der Waals surface area contributed by atoms with Crippen LogP contribution in [0.15, 0.2) is 0 Å². The molecular weight excluding hydrogens is 400 g/mol. The van der Waals surface area contributed by atoms with Gasteiger partial charge in [-0.3, -0.25) is 0 Å². The number of carbonyl (C=O) groups excluding carboxylic acids is 1. The molecule has 10 heteroatoms. The van der Waals surface area contributed by atoms with Crippen LogP contribution in [0, 0.1) is 0 Å². The van der Waals surface area contributed by atoms with E-state index >= 15 is 0 Å². The third-order valence-electron chi connectivity index (χ3n) is 5.75. The summed E-state index contributed by atoms with van der Waals surface area (Å²) in [4.78, 5) is 11.3. The van der Waals surface area contributed by atoms with Crippen molar-refractivity contribution in [2.24, 2.45) is 0 Å². The zero-order valence-electron chi connectivity index (χ0n) is 18.1. The largest absolute Gasteiger partial charge is 0.390 e. The molecular formula is C20H32O10. The van der Waals surface area contributed by atoms with Crippen LogP contribution in [0.1, 0.15) is 48.0 Å². The Labute approximate surface area is 175 Å². The molecule has 0 aliphatic carbocycles. The number of aliphatic hydroxyl groups excluding tert-OH is 2. The lowest BCUT2D eigenvalue weighted by Gasteiger charge is -2.38. The minimum Gasteiger partial charge on any atom is -0.390 e. The second kappa shape index (κ2) is 7.43. The summed E-state index contributed by atoms with van der Waals surface area (Å²) in [5, 5.41) is 21.5. The highest BCUT2D eigenvalue weighted by Crippen LogP contribution is 2.45. The zero-order chi connectivity index (χ0) is 22.1. The van der Waals surface area contributed by atoms with Crippen LogP contribution in [-0.2, 0) is 38.0 Å². The topological polar surface area (TPSA) is 122 Å². The first-order chi connectivity index (χ1) is 13.8. The Morgan fingerprint density at radius 3 is 2.03 bits per heavy atom. The highest BCUT2D eigenvalue weighted by atomic mass is 16.9. The number of ether oxygens (including phenoxy) is 7. The molecule has 0 amide bonds. The molecule has 0 aromatic heterocycles. The van der Waals surface area contributed by atoms with Gasteiger partial charge in [0, 0.05) is 6.42 Å². The summed E-state index contributed by atoms with van der Waals surface area (Å²) >= 11 is 0. The van der Waals surface area contributed by atoms with Gasteiger partial charge in [0.25, 0.3) is 0 Å². The molecule has 0 aromatic rings. The van der Waals surface area contributed by atoms with Crippen LogP contribution in [0.4, 0.5) is 0 Å². The first-order valence-corrected chi connectivity index (χ1v) is 10.3. The number of carbonyl (C=O) groups is 1. The van der Waals surface area contributed by atoms with Crippen LogP contribution in [0.5, 0.6) is 0 Å². The van der Waals surface area contributed by atoms with E-state index in [1.165, 1.54) is 0 Å². The molecule has 9 atom stereocenters. The monoisotopic (exact) mass is 432 g/mol. The van der Waals surface area contributed by atoms with Gasteiger partial charge >= 0.3 is 0 Å². The molecule has 0 aromatic carbocycles. The summed E-state index contributed by atoms with van der Waals surface area (Å²) in [6, 6.07) is 0. The van der Waals surface area contributed by atoms with Crippen molar-refractivity contribution in [1.29, 1.82) is 0 Å². The smallest absolute Gasteiger partial charge is 0.190 e. The minimum atomic E-state index is -1.37. The van der Waals surface area contributed by atoms with Crippen molar-refractivity contribution in [1.82, 2.24) is 0 Å². The lowest BCUT2D eigenvalue weighted by atomic mass is 9.92. The van der Waals surface area contributed by atoms with Crippen molar-refractivity contribution >= 4 is 6.29 Å². The summed E-state index contributed by atoms with van der Waals surface area (Å²) in [5.41, 5.74) is 0. The van der Waals surface area contributed by atoms with Crippen LogP contribution >= 0.6 is 0 Å². The van der Waals surface area contributed by atoms with E-state index in [-0.39, 0.29) is 6.42 Å². The summed E-state index contributed by atoms with van der Waals surface area (Å²) in [6.07, 6.45) is -6.82. The van der Waals surface area contributed by atoms with Gasteiger partial charge in [-0.25, -0.2) is 0 Å². The van der Waals surface area contributed by atoms with E-state index < -0.39 is 72.5 Å². The molecule has 30 heavy (non-hydrogen) atoms. The van der Waals surface area contributed by atoms with E-state index in [1.807, 2.05) is 0 Å². The fraction of sp³-hybridized carbons (Fsp3) is 0.950. The van der Waals surface area contributed by atoms with Crippen molar-refractivity contribution < 1.29 is 48.2 Å². The van der Waals surface area contributed by atoms with Crippen molar-refractivity contribution in [3.8, 4) is 0 Å². The predicted molar refractivity (Wildman–Crippen MR) is 99.0 cm³/mol. The second-order valence-electron chi connectivity index (χ2n) is 9.70. The first-order valence-electron chi connectivity index (χ1n) is 10.3. The maximum Gasteiger partial charge on any atom is 0.190 e. The van der Waals surface area contributed by atoms with Crippen LogP contribution < -0.4 is 0 Å². The van der Waals surface area contributed by atoms with Gasteiger partial charge in [-0.1, -0.05) is 0 Å². The quantitative estimate of drug-likeness (QED) is 0.583. The molecule has 0 saturated carbocycles. The van der Waals surface area contributed by atoms with Gasteiger partial charge in [-0.05, 0) is 41.5 Å². The van der Waals surface area contributed by atoms with E-state index in [9.17, 15) is 15.0 Å². The fourth-order valence-corrected chi connectivity index (χ4v) is 4.67. The predicted octanol–water partition coefficient (Wildman–Crippen LogP) is 0.214. The van der Waals surface area contributed by atoms with Gasteiger partial charge in [0.15, 0.2) is 29.9 Å². The molecule has 0 bridgehead atoms. The highest BCUT2D eigenvalue weighted by molar-refractivity contribution is 5.58. The lowest BCUT2D eigenvalue weighted by molar-refractivity contribution is -0.242. The maximum atomic E-state index is 11.3. The third-order valence-corrected chi connectivity index (χ3v) is 5.75. The average Bonchev–Trinajstić information content (AvgIpc) is 3.22. The Hall–Kier alpha value is -0.690. The second-order valence-corrected chi connectivity index (χ2v) is 9.70. The summed E-state index contributed by atoms with van der Waals surface area (Å²) < 4.78 is 41.1. The normalized spacial score (nSPS) is 45.5. The van der Waals surface area contributed by atoms with Gasteiger partial charge in [-0.15, -0.1) is 0 Å². The van der Waals surface area contributed by atoms with Gasteiger partial charge in [0.1, 0.15) is 36.6 Å². The number of aldehydes is 1. The molecule has 4 aliphatic heterocycles. The molecule has 4 saturated heterocycles. The number of fused-ring (bicyclic) bond motifs is 3. The highest BCUT2D eigenvalue weighted by Gasteiger charge is 2.61. The Morgan fingerprint density at radius 1 is 0.800 bits per heavy atom.